The van der Waals surface area contributed by atoms with E-state index >= 15 is 0 Å². The molecule has 0 N–H and O–H groups in total. The van der Waals surface area contributed by atoms with Crippen molar-refractivity contribution >= 4 is 11.6 Å². The Morgan fingerprint density at radius 3 is 1.60 bits per heavy atom. The number of alkyl halides is 1. The molecule has 134 valence electrons. The Bertz CT molecular complexity index is 603. The standard InChI is InChI=1S/C22H27ClO2/c1-5-20(23)22(21(2,3)4,16-24-18-12-8-6-9-13-18)17-25-19-14-10-7-11-15-19/h5-15,20H,1,16-17H2,2-4H3. The minimum absolute atomic E-state index is 0.156. The minimum atomic E-state index is -0.442. The molecule has 1 atom stereocenters. The van der Waals surface area contributed by atoms with Crippen molar-refractivity contribution in [3.63, 3.8) is 0 Å². The van der Waals surface area contributed by atoms with E-state index in [-0.39, 0.29) is 10.8 Å². The minimum Gasteiger partial charge on any atom is -0.493 e. The first kappa shape index (κ1) is 19.4. The summed E-state index contributed by atoms with van der Waals surface area (Å²) in [6.45, 7) is 11.3. The lowest BCUT2D eigenvalue weighted by Gasteiger charge is -2.46. The van der Waals surface area contributed by atoms with Crippen molar-refractivity contribution in [2.24, 2.45) is 10.8 Å². The number of benzene rings is 2. The van der Waals surface area contributed by atoms with Crippen molar-refractivity contribution in [3.05, 3.63) is 73.3 Å². The van der Waals surface area contributed by atoms with Gasteiger partial charge in [-0.2, -0.15) is 0 Å². The number of hydrogen-bond donors (Lipinski definition) is 0. The maximum Gasteiger partial charge on any atom is 0.119 e. The van der Waals surface area contributed by atoms with Crippen molar-refractivity contribution in [2.45, 2.75) is 26.1 Å². The van der Waals surface area contributed by atoms with Crippen LogP contribution in [0.5, 0.6) is 11.5 Å². The molecule has 0 aliphatic rings. The number of ether oxygens (including phenoxy) is 2. The highest BCUT2D eigenvalue weighted by molar-refractivity contribution is 6.22. The molecule has 0 aliphatic heterocycles. The molecule has 2 aromatic rings. The number of hydrogen-bond acceptors (Lipinski definition) is 2. The topological polar surface area (TPSA) is 18.5 Å². The maximum atomic E-state index is 6.73. The quantitative estimate of drug-likeness (QED) is 0.427. The van der Waals surface area contributed by atoms with Gasteiger partial charge >= 0.3 is 0 Å². The Kier molecular flexibility index (Phi) is 6.55. The zero-order valence-electron chi connectivity index (χ0n) is 15.2. The molecule has 25 heavy (non-hydrogen) atoms. The van der Waals surface area contributed by atoms with Crippen LogP contribution in [-0.2, 0) is 0 Å². The Balaban J connectivity index is 2.26. The number of para-hydroxylation sites is 2. The second kappa shape index (κ2) is 8.44. The molecule has 0 saturated carbocycles. The van der Waals surface area contributed by atoms with Crippen LogP contribution in [0.25, 0.3) is 0 Å². The van der Waals surface area contributed by atoms with E-state index in [1.165, 1.54) is 0 Å². The maximum absolute atomic E-state index is 6.73. The van der Waals surface area contributed by atoms with Crippen molar-refractivity contribution < 1.29 is 9.47 Å². The van der Waals surface area contributed by atoms with Gasteiger partial charge in [-0.3, -0.25) is 0 Å². The van der Waals surface area contributed by atoms with Gasteiger partial charge in [0.25, 0.3) is 0 Å². The molecule has 0 spiro atoms. The summed E-state index contributed by atoms with van der Waals surface area (Å²) in [5, 5.41) is -0.292. The molecular weight excluding hydrogens is 332 g/mol. The van der Waals surface area contributed by atoms with Crippen molar-refractivity contribution in [1.29, 1.82) is 0 Å². The van der Waals surface area contributed by atoms with Gasteiger partial charge in [-0.1, -0.05) is 63.2 Å². The molecule has 0 fully saturated rings. The van der Waals surface area contributed by atoms with E-state index in [2.05, 4.69) is 27.4 Å². The van der Waals surface area contributed by atoms with Crippen LogP contribution < -0.4 is 9.47 Å². The first-order chi connectivity index (χ1) is 11.9. The summed E-state index contributed by atoms with van der Waals surface area (Å²) in [5.74, 6) is 1.65. The molecule has 0 bridgehead atoms. The summed E-state index contributed by atoms with van der Waals surface area (Å²) >= 11 is 6.73. The molecule has 0 saturated heterocycles. The molecule has 1 unspecified atom stereocenters. The van der Waals surface area contributed by atoms with Crippen LogP contribution >= 0.6 is 11.6 Å². The average molecular weight is 359 g/mol. The summed E-state index contributed by atoms with van der Waals surface area (Å²) in [6, 6.07) is 19.6. The third-order valence-corrected chi connectivity index (χ3v) is 5.30. The van der Waals surface area contributed by atoms with Gasteiger partial charge in [-0.05, 0) is 29.7 Å². The Labute approximate surface area is 156 Å². The van der Waals surface area contributed by atoms with Gasteiger partial charge in [-0.15, -0.1) is 18.2 Å². The monoisotopic (exact) mass is 358 g/mol. The predicted molar refractivity (Wildman–Crippen MR) is 106 cm³/mol. The molecular formula is C22H27ClO2. The highest BCUT2D eigenvalue weighted by atomic mass is 35.5. The van der Waals surface area contributed by atoms with Crippen LogP contribution in [0.3, 0.4) is 0 Å². The molecule has 0 radical (unpaired) electrons. The van der Waals surface area contributed by atoms with E-state index in [9.17, 15) is 0 Å². The average Bonchev–Trinajstić information content (AvgIpc) is 2.62. The fourth-order valence-electron chi connectivity index (χ4n) is 2.73. The van der Waals surface area contributed by atoms with Crippen LogP contribution in [0.1, 0.15) is 20.8 Å². The zero-order valence-corrected chi connectivity index (χ0v) is 16.0. The molecule has 0 aromatic heterocycles. The lowest BCUT2D eigenvalue weighted by Crippen LogP contribution is -2.51. The smallest absolute Gasteiger partial charge is 0.119 e. The van der Waals surface area contributed by atoms with E-state index in [1.807, 2.05) is 60.7 Å². The lowest BCUT2D eigenvalue weighted by atomic mass is 9.65. The zero-order chi connectivity index (χ0) is 18.3. The summed E-state index contributed by atoms with van der Waals surface area (Å²) in [6.07, 6.45) is 1.77. The van der Waals surface area contributed by atoms with E-state index in [0.29, 0.717) is 13.2 Å². The van der Waals surface area contributed by atoms with Crippen molar-refractivity contribution in [1.82, 2.24) is 0 Å². The highest BCUT2D eigenvalue weighted by Crippen LogP contribution is 2.45. The summed E-state index contributed by atoms with van der Waals surface area (Å²) in [4.78, 5) is 0. The first-order valence-corrected chi connectivity index (χ1v) is 8.95. The van der Waals surface area contributed by atoms with E-state index in [4.69, 9.17) is 21.1 Å². The largest absolute Gasteiger partial charge is 0.493 e. The molecule has 0 heterocycles. The third kappa shape index (κ3) is 4.79. The van der Waals surface area contributed by atoms with E-state index in [0.717, 1.165) is 11.5 Å². The summed E-state index contributed by atoms with van der Waals surface area (Å²) < 4.78 is 12.2. The van der Waals surface area contributed by atoms with Gasteiger partial charge in [0, 0.05) is 0 Å². The van der Waals surface area contributed by atoms with Crippen LogP contribution in [0.15, 0.2) is 73.3 Å². The fraction of sp³-hybridized carbons (Fsp3) is 0.364. The van der Waals surface area contributed by atoms with Crippen LogP contribution in [0.2, 0.25) is 0 Å². The molecule has 3 heteroatoms. The van der Waals surface area contributed by atoms with E-state index < -0.39 is 5.41 Å². The van der Waals surface area contributed by atoms with Gasteiger partial charge < -0.3 is 9.47 Å². The second-order valence-electron chi connectivity index (χ2n) is 7.25. The normalized spacial score (nSPS) is 13.1. The van der Waals surface area contributed by atoms with Gasteiger partial charge in [0.05, 0.1) is 24.0 Å². The molecule has 2 aromatic carbocycles. The Morgan fingerprint density at radius 1 is 0.880 bits per heavy atom. The third-order valence-electron chi connectivity index (χ3n) is 4.71. The SMILES string of the molecule is C=CC(Cl)C(COc1ccccc1)(COc1ccccc1)C(C)(C)C. The van der Waals surface area contributed by atoms with E-state index in [1.54, 1.807) is 6.08 Å². The molecule has 2 nitrogen and oxygen atoms in total. The van der Waals surface area contributed by atoms with Gasteiger partial charge in [0.2, 0.25) is 0 Å². The predicted octanol–water partition coefficient (Wildman–Crippen LogP) is 5.97. The van der Waals surface area contributed by atoms with Gasteiger partial charge in [0.1, 0.15) is 11.5 Å². The first-order valence-electron chi connectivity index (χ1n) is 8.51. The number of allylic oxidation sites excluding steroid dienone is 1. The highest BCUT2D eigenvalue weighted by Gasteiger charge is 2.48. The molecule has 0 amide bonds. The Hall–Kier alpha value is -1.93. The van der Waals surface area contributed by atoms with Crippen LogP contribution in [0.4, 0.5) is 0 Å². The van der Waals surface area contributed by atoms with Crippen molar-refractivity contribution in [3.8, 4) is 11.5 Å². The van der Waals surface area contributed by atoms with Crippen LogP contribution in [-0.4, -0.2) is 18.6 Å². The van der Waals surface area contributed by atoms with Gasteiger partial charge in [-0.25, -0.2) is 0 Å². The lowest BCUT2D eigenvalue weighted by molar-refractivity contribution is -0.0103. The number of rotatable bonds is 8. The fourth-order valence-corrected chi connectivity index (χ4v) is 3.18. The second-order valence-corrected chi connectivity index (χ2v) is 7.72. The number of halogens is 1. The Morgan fingerprint density at radius 2 is 1.28 bits per heavy atom. The van der Waals surface area contributed by atoms with Crippen molar-refractivity contribution in [2.75, 3.05) is 13.2 Å². The molecule has 2 rings (SSSR count). The summed E-state index contributed by atoms with van der Waals surface area (Å²) in [5.41, 5.74) is -0.598. The summed E-state index contributed by atoms with van der Waals surface area (Å²) in [7, 11) is 0. The van der Waals surface area contributed by atoms with Gasteiger partial charge in [0.15, 0.2) is 0 Å². The van der Waals surface area contributed by atoms with Crippen LogP contribution in [0, 0.1) is 10.8 Å². The molecule has 0 aliphatic carbocycles.